The number of pyridine rings is 1. The van der Waals surface area contributed by atoms with E-state index < -0.39 is 11.9 Å². The topological polar surface area (TPSA) is 88.5 Å². The molecule has 1 heterocycles. The van der Waals surface area contributed by atoms with Crippen LogP contribution in [0.2, 0.25) is 0 Å². The Kier molecular flexibility index (Phi) is 4.63. The number of nitrogens with one attached hydrogen (secondary N) is 1. The van der Waals surface area contributed by atoms with Gasteiger partial charge in [-0.1, -0.05) is 18.2 Å². The van der Waals surface area contributed by atoms with Crippen molar-refractivity contribution in [3.05, 3.63) is 59.4 Å². The molecule has 2 N–H and O–H groups in total. The molecule has 0 aliphatic heterocycles. The van der Waals surface area contributed by atoms with E-state index in [4.69, 9.17) is 9.84 Å². The van der Waals surface area contributed by atoms with Crippen molar-refractivity contribution in [2.75, 3.05) is 12.4 Å². The normalized spacial score (nSPS) is 10.1. The highest BCUT2D eigenvalue weighted by molar-refractivity contribution is 6.07. The first kappa shape index (κ1) is 14.7. The predicted octanol–water partition coefficient (Wildman–Crippen LogP) is 2.18. The Balaban J connectivity index is 2.29. The van der Waals surface area contributed by atoms with Gasteiger partial charge in [-0.25, -0.2) is 9.78 Å². The molecule has 6 nitrogen and oxygen atoms in total. The molecule has 0 radical (unpaired) electrons. The third-order valence-electron chi connectivity index (χ3n) is 2.82. The van der Waals surface area contributed by atoms with Gasteiger partial charge in [0.05, 0.1) is 12.3 Å². The summed E-state index contributed by atoms with van der Waals surface area (Å²) in [5.41, 5.74) is 1.11. The predicted molar refractivity (Wildman–Crippen MR) is 76.3 cm³/mol. The van der Waals surface area contributed by atoms with Gasteiger partial charge in [-0.05, 0) is 23.8 Å². The second-order valence-electron chi connectivity index (χ2n) is 4.25. The minimum absolute atomic E-state index is 0.155. The molecule has 0 aliphatic carbocycles. The molecule has 1 aromatic heterocycles. The maximum Gasteiger partial charge on any atom is 0.356 e. The second-order valence-corrected chi connectivity index (χ2v) is 4.25. The van der Waals surface area contributed by atoms with E-state index in [1.165, 1.54) is 12.3 Å². The van der Waals surface area contributed by atoms with E-state index in [0.717, 1.165) is 5.56 Å². The average molecular weight is 286 g/mol. The Morgan fingerprint density at radius 2 is 2.00 bits per heavy atom. The largest absolute Gasteiger partial charge is 0.476 e. The first-order valence-corrected chi connectivity index (χ1v) is 6.20. The highest BCUT2D eigenvalue weighted by Crippen LogP contribution is 2.16. The Hall–Kier alpha value is -2.73. The van der Waals surface area contributed by atoms with Gasteiger partial charge < -0.3 is 15.2 Å². The van der Waals surface area contributed by atoms with Gasteiger partial charge in [-0.3, -0.25) is 4.79 Å². The van der Waals surface area contributed by atoms with Crippen molar-refractivity contribution in [1.82, 2.24) is 4.98 Å². The van der Waals surface area contributed by atoms with Crippen LogP contribution in [0.25, 0.3) is 0 Å². The van der Waals surface area contributed by atoms with Crippen molar-refractivity contribution in [1.29, 1.82) is 0 Å². The number of hydrogen-bond donors (Lipinski definition) is 2. The Labute approximate surface area is 121 Å². The summed E-state index contributed by atoms with van der Waals surface area (Å²) in [4.78, 5) is 27.1. The quantitative estimate of drug-likeness (QED) is 0.879. The van der Waals surface area contributed by atoms with E-state index in [9.17, 15) is 9.59 Å². The van der Waals surface area contributed by atoms with Crippen molar-refractivity contribution in [2.45, 2.75) is 6.61 Å². The van der Waals surface area contributed by atoms with E-state index in [1.54, 1.807) is 37.4 Å². The van der Waals surface area contributed by atoms with E-state index in [1.807, 2.05) is 0 Å². The Bertz CT molecular complexity index is 670. The zero-order chi connectivity index (χ0) is 15.2. The number of anilines is 1. The van der Waals surface area contributed by atoms with E-state index in [-0.39, 0.29) is 11.4 Å². The molecule has 108 valence electrons. The molecule has 1 aromatic carbocycles. The number of nitrogens with zero attached hydrogens (tertiary/aromatic N) is 1. The van der Waals surface area contributed by atoms with Crippen LogP contribution in [0.3, 0.4) is 0 Å². The van der Waals surface area contributed by atoms with Crippen molar-refractivity contribution >= 4 is 17.6 Å². The molecule has 0 bridgehead atoms. The molecule has 0 spiro atoms. The maximum absolute atomic E-state index is 12.3. The highest BCUT2D eigenvalue weighted by atomic mass is 16.5. The summed E-state index contributed by atoms with van der Waals surface area (Å²) < 4.78 is 5.04. The molecular formula is C15H14N2O4. The number of rotatable bonds is 5. The number of aromatic carboxylic acids is 1. The van der Waals surface area contributed by atoms with E-state index >= 15 is 0 Å². The van der Waals surface area contributed by atoms with Crippen molar-refractivity contribution in [2.24, 2.45) is 0 Å². The van der Waals surface area contributed by atoms with Crippen LogP contribution in [-0.4, -0.2) is 29.1 Å². The van der Waals surface area contributed by atoms with Gasteiger partial charge in [0, 0.05) is 18.9 Å². The first-order valence-electron chi connectivity index (χ1n) is 6.20. The SMILES string of the molecule is COCc1ccccc1C(=O)Nc1cccnc1C(=O)O. The van der Waals surface area contributed by atoms with Crippen LogP contribution in [-0.2, 0) is 11.3 Å². The number of ether oxygens (including phenoxy) is 1. The van der Waals surface area contributed by atoms with Crippen LogP contribution in [0.1, 0.15) is 26.4 Å². The first-order chi connectivity index (χ1) is 10.1. The van der Waals surface area contributed by atoms with Crippen LogP contribution >= 0.6 is 0 Å². The van der Waals surface area contributed by atoms with Gasteiger partial charge >= 0.3 is 5.97 Å². The van der Waals surface area contributed by atoms with Gasteiger partial charge in [-0.2, -0.15) is 0 Å². The molecule has 0 fully saturated rings. The monoisotopic (exact) mass is 286 g/mol. The van der Waals surface area contributed by atoms with Gasteiger partial charge in [0.2, 0.25) is 0 Å². The number of aromatic nitrogens is 1. The number of amides is 1. The molecule has 6 heteroatoms. The molecule has 2 aromatic rings. The number of carboxylic acids is 1. The number of methoxy groups -OCH3 is 1. The fraction of sp³-hybridized carbons (Fsp3) is 0.133. The molecule has 0 atom stereocenters. The molecule has 0 unspecified atom stereocenters. The summed E-state index contributed by atoms with van der Waals surface area (Å²) in [7, 11) is 1.54. The summed E-state index contributed by atoms with van der Waals surface area (Å²) >= 11 is 0. The lowest BCUT2D eigenvalue weighted by molar-refractivity contribution is 0.0691. The van der Waals surface area contributed by atoms with Crippen molar-refractivity contribution in [3.8, 4) is 0 Å². The van der Waals surface area contributed by atoms with Gasteiger partial charge in [0.15, 0.2) is 5.69 Å². The van der Waals surface area contributed by atoms with Crippen LogP contribution < -0.4 is 5.32 Å². The van der Waals surface area contributed by atoms with Crippen LogP contribution in [0, 0.1) is 0 Å². The fourth-order valence-corrected chi connectivity index (χ4v) is 1.89. The summed E-state index contributed by atoms with van der Waals surface area (Å²) in [6, 6.07) is 10.0. The van der Waals surface area contributed by atoms with Gasteiger partial charge in [-0.15, -0.1) is 0 Å². The smallest absolute Gasteiger partial charge is 0.356 e. The second kappa shape index (κ2) is 6.62. The minimum Gasteiger partial charge on any atom is -0.476 e. The van der Waals surface area contributed by atoms with Crippen LogP contribution in [0.4, 0.5) is 5.69 Å². The van der Waals surface area contributed by atoms with Crippen LogP contribution in [0.15, 0.2) is 42.6 Å². The molecule has 0 saturated carbocycles. The summed E-state index contributed by atoms with van der Waals surface area (Å²) in [6.45, 7) is 0.294. The lowest BCUT2D eigenvalue weighted by atomic mass is 10.1. The Morgan fingerprint density at radius 3 is 2.71 bits per heavy atom. The molecule has 21 heavy (non-hydrogen) atoms. The zero-order valence-electron chi connectivity index (χ0n) is 11.4. The third-order valence-corrected chi connectivity index (χ3v) is 2.82. The van der Waals surface area contributed by atoms with Crippen molar-refractivity contribution < 1.29 is 19.4 Å². The number of carbonyl (C=O) groups is 2. The van der Waals surface area contributed by atoms with Crippen LogP contribution in [0.5, 0.6) is 0 Å². The number of benzene rings is 1. The molecule has 2 rings (SSSR count). The molecule has 0 aliphatic rings. The lowest BCUT2D eigenvalue weighted by Gasteiger charge is -2.10. The summed E-state index contributed by atoms with van der Waals surface area (Å²) in [5, 5.41) is 11.6. The van der Waals surface area contributed by atoms with Gasteiger partial charge in [0.25, 0.3) is 5.91 Å². The standard InChI is InChI=1S/C15H14N2O4/c1-21-9-10-5-2-3-6-11(10)14(18)17-12-7-4-8-16-13(12)15(19)20/h2-8H,9H2,1H3,(H,17,18)(H,19,20). The number of carbonyl (C=O) groups excluding carboxylic acids is 1. The highest BCUT2D eigenvalue weighted by Gasteiger charge is 2.16. The summed E-state index contributed by atoms with van der Waals surface area (Å²) in [5.74, 6) is -1.60. The molecule has 0 saturated heterocycles. The number of hydrogen-bond acceptors (Lipinski definition) is 4. The van der Waals surface area contributed by atoms with Gasteiger partial charge in [0.1, 0.15) is 0 Å². The average Bonchev–Trinajstić information content (AvgIpc) is 2.48. The lowest BCUT2D eigenvalue weighted by Crippen LogP contribution is -2.17. The minimum atomic E-state index is -1.20. The maximum atomic E-state index is 12.3. The molecule has 1 amide bonds. The Morgan fingerprint density at radius 1 is 1.24 bits per heavy atom. The number of carboxylic acid groups (broad SMARTS) is 1. The molecular weight excluding hydrogens is 272 g/mol. The van der Waals surface area contributed by atoms with Crippen molar-refractivity contribution in [3.63, 3.8) is 0 Å². The van der Waals surface area contributed by atoms with E-state index in [0.29, 0.717) is 12.2 Å². The van der Waals surface area contributed by atoms with E-state index in [2.05, 4.69) is 10.3 Å². The summed E-state index contributed by atoms with van der Waals surface area (Å²) in [6.07, 6.45) is 1.36. The fourth-order valence-electron chi connectivity index (χ4n) is 1.89. The third kappa shape index (κ3) is 3.43. The zero-order valence-corrected chi connectivity index (χ0v) is 11.4.